The quantitative estimate of drug-likeness (QED) is 0.615. The minimum absolute atomic E-state index is 0.0409. The molecular weight excluding hydrogens is 214 g/mol. The molecule has 0 fully saturated rings. The summed E-state index contributed by atoms with van der Waals surface area (Å²) in [5.74, 6) is -2.00. The van der Waals surface area contributed by atoms with Crippen molar-refractivity contribution >= 4 is 17.8 Å². The van der Waals surface area contributed by atoms with E-state index in [0.29, 0.717) is 12.8 Å². The van der Waals surface area contributed by atoms with Crippen molar-refractivity contribution < 1.29 is 24.2 Å². The monoisotopic (exact) mass is 231 g/mol. The number of esters is 1. The van der Waals surface area contributed by atoms with Crippen molar-refractivity contribution in [3.8, 4) is 0 Å². The maximum Gasteiger partial charge on any atom is 0.326 e. The molecule has 1 amide bonds. The number of methoxy groups -OCH3 is 1. The van der Waals surface area contributed by atoms with Crippen molar-refractivity contribution in [1.29, 1.82) is 0 Å². The van der Waals surface area contributed by atoms with Gasteiger partial charge in [0.2, 0.25) is 5.91 Å². The Morgan fingerprint density at radius 3 is 2.38 bits per heavy atom. The fraction of sp³-hybridized carbons (Fsp3) is 0.700. The lowest BCUT2D eigenvalue weighted by Gasteiger charge is -2.12. The highest BCUT2D eigenvalue weighted by atomic mass is 16.5. The zero-order valence-corrected chi connectivity index (χ0v) is 9.49. The number of ether oxygens (including phenoxy) is 1. The summed E-state index contributed by atoms with van der Waals surface area (Å²) in [7, 11) is 1.23. The van der Waals surface area contributed by atoms with E-state index in [9.17, 15) is 14.4 Å². The Bertz CT molecular complexity index is 264. The Morgan fingerprint density at radius 2 is 1.94 bits per heavy atom. The van der Waals surface area contributed by atoms with Crippen LogP contribution in [0, 0.1) is 0 Å². The van der Waals surface area contributed by atoms with Crippen LogP contribution in [0.15, 0.2) is 0 Å². The second kappa shape index (κ2) is 7.67. The van der Waals surface area contributed by atoms with Crippen LogP contribution in [0.4, 0.5) is 0 Å². The van der Waals surface area contributed by atoms with Crippen molar-refractivity contribution in [2.24, 2.45) is 0 Å². The molecule has 0 saturated carbocycles. The molecule has 0 aromatic carbocycles. The first-order valence-electron chi connectivity index (χ1n) is 5.10. The Balaban J connectivity index is 4.00. The third-order valence-corrected chi connectivity index (χ3v) is 1.99. The summed E-state index contributed by atoms with van der Waals surface area (Å²) in [4.78, 5) is 32.7. The summed E-state index contributed by atoms with van der Waals surface area (Å²) < 4.78 is 4.37. The van der Waals surface area contributed by atoms with Crippen LogP contribution >= 0.6 is 0 Å². The van der Waals surface area contributed by atoms with Gasteiger partial charge in [0, 0.05) is 6.42 Å². The van der Waals surface area contributed by atoms with Gasteiger partial charge in [-0.2, -0.15) is 0 Å². The van der Waals surface area contributed by atoms with E-state index in [1.807, 2.05) is 6.92 Å². The lowest BCUT2D eigenvalue weighted by atomic mass is 10.1. The van der Waals surface area contributed by atoms with E-state index >= 15 is 0 Å². The van der Waals surface area contributed by atoms with Crippen molar-refractivity contribution in [2.75, 3.05) is 7.11 Å². The summed E-state index contributed by atoms with van der Waals surface area (Å²) >= 11 is 0. The zero-order chi connectivity index (χ0) is 12.6. The van der Waals surface area contributed by atoms with E-state index in [2.05, 4.69) is 10.1 Å². The first kappa shape index (κ1) is 14.4. The molecule has 6 nitrogen and oxygen atoms in total. The Hall–Kier alpha value is -1.59. The highest BCUT2D eigenvalue weighted by Gasteiger charge is 2.18. The summed E-state index contributed by atoms with van der Waals surface area (Å²) in [6, 6.07) is -0.879. The molecule has 0 rings (SSSR count). The molecule has 1 unspecified atom stereocenters. The topological polar surface area (TPSA) is 92.7 Å². The number of carbonyl (C=O) groups excluding carboxylic acids is 2. The number of hydrogen-bond donors (Lipinski definition) is 2. The molecule has 0 saturated heterocycles. The maximum absolute atomic E-state index is 11.3. The summed E-state index contributed by atoms with van der Waals surface area (Å²) in [5, 5.41) is 11.1. The van der Waals surface area contributed by atoms with Gasteiger partial charge in [-0.05, 0) is 6.42 Å². The van der Waals surface area contributed by atoms with Crippen molar-refractivity contribution in [2.45, 2.75) is 38.6 Å². The maximum atomic E-state index is 11.3. The molecule has 0 heterocycles. The number of rotatable bonds is 7. The van der Waals surface area contributed by atoms with Crippen LogP contribution in [0.25, 0.3) is 0 Å². The van der Waals surface area contributed by atoms with Gasteiger partial charge in [-0.1, -0.05) is 13.3 Å². The van der Waals surface area contributed by atoms with Gasteiger partial charge in [0.25, 0.3) is 0 Å². The summed E-state index contributed by atoms with van der Waals surface area (Å²) in [6.45, 7) is 1.83. The fourth-order valence-corrected chi connectivity index (χ4v) is 1.13. The molecule has 0 aromatic rings. The van der Waals surface area contributed by atoms with Crippen LogP contribution in [0.3, 0.4) is 0 Å². The number of hydrogen-bond acceptors (Lipinski definition) is 4. The molecule has 0 bridgehead atoms. The standard InChI is InChI=1S/C10H17NO5/c1-3-4-7(10(14)15)11-8(12)5-6-9(13)16-2/h7H,3-6H2,1-2H3,(H,11,12)(H,14,15). The molecule has 0 aromatic heterocycles. The Labute approximate surface area is 94.0 Å². The number of carboxylic acids is 1. The van der Waals surface area contributed by atoms with Crippen LogP contribution in [0.2, 0.25) is 0 Å². The highest BCUT2D eigenvalue weighted by molar-refractivity contribution is 5.85. The number of carbonyl (C=O) groups is 3. The largest absolute Gasteiger partial charge is 0.480 e. The van der Waals surface area contributed by atoms with Crippen molar-refractivity contribution in [1.82, 2.24) is 5.32 Å². The average molecular weight is 231 g/mol. The predicted octanol–water partition coefficient (Wildman–Crippen LogP) is 0.309. The van der Waals surface area contributed by atoms with Gasteiger partial charge in [-0.3, -0.25) is 9.59 Å². The number of amides is 1. The normalized spacial score (nSPS) is 11.6. The van der Waals surface area contributed by atoms with Crippen LogP contribution in [-0.4, -0.2) is 36.1 Å². The average Bonchev–Trinajstić information content (AvgIpc) is 2.25. The van der Waals surface area contributed by atoms with Crippen molar-refractivity contribution in [3.63, 3.8) is 0 Å². The number of nitrogens with one attached hydrogen (secondary N) is 1. The SMILES string of the molecule is CCCC(NC(=O)CCC(=O)OC)C(=O)O. The van der Waals surface area contributed by atoms with Crippen LogP contribution in [-0.2, 0) is 19.1 Å². The smallest absolute Gasteiger partial charge is 0.326 e. The number of aliphatic carboxylic acids is 1. The number of carboxylic acid groups (broad SMARTS) is 1. The van der Waals surface area contributed by atoms with Crippen LogP contribution in [0.5, 0.6) is 0 Å². The third kappa shape index (κ3) is 6.00. The van der Waals surface area contributed by atoms with E-state index in [1.165, 1.54) is 7.11 Å². The summed E-state index contributed by atoms with van der Waals surface area (Å²) in [5.41, 5.74) is 0. The Kier molecular flexibility index (Phi) is 6.91. The first-order chi connectivity index (χ1) is 7.51. The van der Waals surface area contributed by atoms with E-state index in [1.54, 1.807) is 0 Å². The van der Waals surface area contributed by atoms with E-state index in [-0.39, 0.29) is 12.8 Å². The van der Waals surface area contributed by atoms with E-state index in [0.717, 1.165) is 0 Å². The van der Waals surface area contributed by atoms with Gasteiger partial charge in [-0.15, -0.1) is 0 Å². The molecule has 0 aliphatic carbocycles. The predicted molar refractivity (Wildman–Crippen MR) is 55.7 cm³/mol. The molecule has 1 atom stereocenters. The lowest BCUT2D eigenvalue weighted by Crippen LogP contribution is -2.40. The van der Waals surface area contributed by atoms with E-state index in [4.69, 9.17) is 5.11 Å². The highest BCUT2D eigenvalue weighted by Crippen LogP contribution is 1.99. The third-order valence-electron chi connectivity index (χ3n) is 1.99. The minimum Gasteiger partial charge on any atom is -0.480 e. The second-order valence-corrected chi connectivity index (χ2v) is 3.32. The lowest BCUT2D eigenvalue weighted by molar-refractivity contribution is -0.143. The molecule has 2 N–H and O–H groups in total. The minimum atomic E-state index is -1.06. The van der Waals surface area contributed by atoms with Gasteiger partial charge in [-0.25, -0.2) is 4.79 Å². The van der Waals surface area contributed by atoms with Gasteiger partial charge in [0.05, 0.1) is 13.5 Å². The molecule has 0 aliphatic heterocycles. The molecule has 0 aliphatic rings. The molecule has 16 heavy (non-hydrogen) atoms. The van der Waals surface area contributed by atoms with E-state index < -0.39 is 23.9 Å². The van der Waals surface area contributed by atoms with Gasteiger partial charge < -0.3 is 15.2 Å². The molecule has 0 radical (unpaired) electrons. The molecule has 92 valence electrons. The first-order valence-corrected chi connectivity index (χ1v) is 5.10. The zero-order valence-electron chi connectivity index (χ0n) is 9.49. The fourth-order valence-electron chi connectivity index (χ4n) is 1.13. The second-order valence-electron chi connectivity index (χ2n) is 3.32. The molecule has 0 spiro atoms. The van der Waals surface area contributed by atoms with Crippen LogP contribution < -0.4 is 5.32 Å². The van der Waals surface area contributed by atoms with Gasteiger partial charge in [0.1, 0.15) is 6.04 Å². The van der Waals surface area contributed by atoms with Crippen LogP contribution in [0.1, 0.15) is 32.6 Å². The Morgan fingerprint density at radius 1 is 1.31 bits per heavy atom. The summed E-state index contributed by atoms with van der Waals surface area (Å²) in [6.07, 6.45) is 0.939. The van der Waals surface area contributed by atoms with Gasteiger partial charge in [0.15, 0.2) is 0 Å². The molecular formula is C10H17NO5. The van der Waals surface area contributed by atoms with Gasteiger partial charge >= 0.3 is 11.9 Å². The molecule has 6 heteroatoms. The van der Waals surface area contributed by atoms with Crippen molar-refractivity contribution in [3.05, 3.63) is 0 Å².